The molecule has 0 unspecified atom stereocenters. The lowest BCUT2D eigenvalue weighted by Crippen LogP contribution is -1.94. The molecule has 0 aliphatic heterocycles. The summed E-state index contributed by atoms with van der Waals surface area (Å²) in [5, 5.41) is 11.8. The Labute approximate surface area is 82.5 Å². The van der Waals surface area contributed by atoms with E-state index in [1.165, 1.54) is 17.8 Å². The molecule has 0 saturated carbocycles. The van der Waals surface area contributed by atoms with Crippen molar-refractivity contribution in [3.63, 3.8) is 0 Å². The van der Waals surface area contributed by atoms with E-state index in [1.807, 2.05) is 30.3 Å². The van der Waals surface area contributed by atoms with Gasteiger partial charge in [0.2, 0.25) is 0 Å². The van der Waals surface area contributed by atoms with E-state index < -0.39 is 6.10 Å². The van der Waals surface area contributed by atoms with E-state index >= 15 is 0 Å². The van der Waals surface area contributed by atoms with Crippen LogP contribution in [0.2, 0.25) is 0 Å². The molecule has 0 aliphatic rings. The first-order valence-corrected chi connectivity index (χ1v) is 4.67. The highest BCUT2D eigenvalue weighted by atomic mass is 32.2. The van der Waals surface area contributed by atoms with Gasteiger partial charge < -0.3 is 5.11 Å². The largest absolute Gasteiger partial charge is 0.377 e. The van der Waals surface area contributed by atoms with E-state index in [-0.39, 0.29) is 0 Å². The fourth-order valence-electron chi connectivity index (χ4n) is 0.696. The summed E-state index contributed by atoms with van der Waals surface area (Å²) in [5.41, 5.74) is 0. The summed E-state index contributed by atoms with van der Waals surface area (Å²) in [6.45, 7) is 3.42. The van der Waals surface area contributed by atoms with Gasteiger partial charge in [0.25, 0.3) is 0 Å². The molecule has 1 atom stereocenters. The van der Waals surface area contributed by atoms with Gasteiger partial charge in [-0.15, -0.1) is 0 Å². The lowest BCUT2D eigenvalue weighted by atomic mass is 10.4. The average molecular weight is 190 g/mol. The molecule has 1 aromatic carbocycles. The lowest BCUT2D eigenvalue weighted by Gasteiger charge is -1.92. The third kappa shape index (κ3) is 3.84. The Balaban J connectivity index is 2.50. The average Bonchev–Trinajstić information content (AvgIpc) is 2.19. The van der Waals surface area contributed by atoms with Gasteiger partial charge in [-0.1, -0.05) is 36.8 Å². The minimum absolute atomic E-state index is 0.726. The van der Waals surface area contributed by atoms with E-state index in [0.717, 1.165) is 4.90 Å². The highest BCUT2D eigenvalue weighted by Crippen LogP contribution is 2.14. The molecule has 2 heteroatoms. The predicted octanol–water partition coefficient (Wildman–Crippen LogP) is 2.29. The third-order valence-corrected chi connectivity index (χ3v) is 2.07. The van der Waals surface area contributed by atoms with Crippen LogP contribution in [-0.4, -0.2) is 11.2 Å². The van der Waals surface area contributed by atoms with Crippen molar-refractivity contribution in [2.45, 2.75) is 11.0 Å². The van der Waals surface area contributed by atoms with Crippen LogP contribution in [0.15, 0.2) is 47.9 Å². The van der Waals surface area contributed by atoms with Crippen LogP contribution in [0.4, 0.5) is 0 Å². The van der Waals surface area contributed by atoms with E-state index in [9.17, 15) is 0 Å². The molecule has 1 N–H and O–H groups in total. The fourth-order valence-corrected chi connectivity index (χ4v) is 1.29. The maximum atomic E-state index is 9.03. The van der Waals surface area contributed by atoms with Gasteiger partial charge in [-0.25, -0.2) is 0 Å². The second-order valence-electron chi connectivity index (χ2n) is 2.34. The molecule has 66 valence electrons. The number of hydrogen-bond acceptors (Lipinski definition) is 2. The number of hydrogen-bond donors (Lipinski definition) is 1. The second-order valence-corrected chi connectivity index (χ2v) is 3.22. The molecule has 0 aliphatic carbocycles. The molecule has 0 spiro atoms. The molecule has 0 saturated heterocycles. The van der Waals surface area contributed by atoms with E-state index in [0.29, 0.717) is 0 Å². The van der Waals surface area contributed by atoms with Gasteiger partial charge in [0.15, 0.2) is 0 Å². The Kier molecular flexibility index (Phi) is 4.17. The zero-order valence-electron chi connectivity index (χ0n) is 7.10. The quantitative estimate of drug-likeness (QED) is 0.438. The molecule has 1 nitrogen and oxygen atoms in total. The Bertz CT molecular complexity index is 321. The molecule has 0 aromatic heterocycles. The number of rotatable bonds is 2. The van der Waals surface area contributed by atoms with Gasteiger partial charge in [0.05, 0.1) is 0 Å². The van der Waals surface area contributed by atoms with Gasteiger partial charge in [-0.2, -0.15) is 0 Å². The van der Waals surface area contributed by atoms with Gasteiger partial charge in [-0.05, 0) is 29.1 Å². The number of aliphatic hydroxyl groups excluding tert-OH is 1. The SMILES string of the molecule is C=C[C@H](O)C#CSc1ccccc1. The zero-order valence-corrected chi connectivity index (χ0v) is 7.92. The summed E-state index contributed by atoms with van der Waals surface area (Å²) in [6, 6.07) is 9.80. The number of thioether (sulfide) groups is 1. The number of aliphatic hydroxyl groups is 1. The van der Waals surface area contributed by atoms with Crippen LogP contribution < -0.4 is 0 Å². The minimum atomic E-state index is -0.726. The van der Waals surface area contributed by atoms with Crippen LogP contribution in [0.3, 0.4) is 0 Å². The second kappa shape index (κ2) is 5.47. The lowest BCUT2D eigenvalue weighted by molar-refractivity contribution is 0.281. The van der Waals surface area contributed by atoms with E-state index in [2.05, 4.69) is 17.8 Å². The molecular formula is C11H10OS. The molecule has 1 rings (SSSR count). The smallest absolute Gasteiger partial charge is 0.134 e. The van der Waals surface area contributed by atoms with Crippen molar-refractivity contribution < 1.29 is 5.11 Å². The third-order valence-electron chi connectivity index (χ3n) is 1.34. The minimum Gasteiger partial charge on any atom is -0.377 e. The number of benzene rings is 1. The molecule has 13 heavy (non-hydrogen) atoms. The molecule has 0 fully saturated rings. The summed E-state index contributed by atoms with van der Waals surface area (Å²) in [5.74, 6) is 2.63. The Morgan fingerprint density at radius 3 is 2.69 bits per heavy atom. The van der Waals surface area contributed by atoms with Gasteiger partial charge in [0.1, 0.15) is 6.10 Å². The molecule has 0 amide bonds. The molecular weight excluding hydrogens is 180 g/mol. The molecule has 0 bridgehead atoms. The van der Waals surface area contributed by atoms with E-state index in [4.69, 9.17) is 5.11 Å². The van der Waals surface area contributed by atoms with Gasteiger partial charge in [-0.3, -0.25) is 0 Å². The van der Waals surface area contributed by atoms with Crippen molar-refractivity contribution in [1.82, 2.24) is 0 Å². The van der Waals surface area contributed by atoms with Gasteiger partial charge >= 0.3 is 0 Å². The summed E-state index contributed by atoms with van der Waals surface area (Å²) in [4.78, 5) is 1.08. The maximum absolute atomic E-state index is 9.03. The first kappa shape index (κ1) is 9.91. The van der Waals surface area contributed by atoms with Crippen LogP contribution in [0.5, 0.6) is 0 Å². The monoisotopic (exact) mass is 190 g/mol. The van der Waals surface area contributed by atoms with Crippen LogP contribution >= 0.6 is 11.8 Å². The topological polar surface area (TPSA) is 20.2 Å². The van der Waals surface area contributed by atoms with Crippen LogP contribution in [-0.2, 0) is 0 Å². The van der Waals surface area contributed by atoms with Crippen molar-refractivity contribution in [3.05, 3.63) is 43.0 Å². The van der Waals surface area contributed by atoms with Crippen molar-refractivity contribution in [2.75, 3.05) is 0 Å². The van der Waals surface area contributed by atoms with Crippen LogP contribution in [0.1, 0.15) is 0 Å². The Morgan fingerprint density at radius 2 is 2.08 bits per heavy atom. The van der Waals surface area contributed by atoms with Gasteiger partial charge in [0, 0.05) is 4.90 Å². The van der Waals surface area contributed by atoms with Crippen molar-refractivity contribution in [3.8, 4) is 11.2 Å². The van der Waals surface area contributed by atoms with Crippen molar-refractivity contribution in [2.24, 2.45) is 0 Å². The highest BCUT2D eigenvalue weighted by molar-refractivity contribution is 8.03. The molecule has 0 radical (unpaired) electrons. The standard InChI is InChI=1S/C11H10OS/c1-2-10(12)8-9-13-11-6-4-3-5-7-11/h2-7,10,12H,1H2/t10-/m0/s1. The van der Waals surface area contributed by atoms with Crippen molar-refractivity contribution in [1.29, 1.82) is 0 Å². The molecule has 1 aromatic rings. The summed E-state index contributed by atoms with van der Waals surface area (Å²) >= 11 is 1.40. The first-order chi connectivity index (χ1) is 6.33. The van der Waals surface area contributed by atoms with Crippen LogP contribution in [0.25, 0.3) is 0 Å². The summed E-state index contributed by atoms with van der Waals surface area (Å²) in [6.07, 6.45) is 0.676. The maximum Gasteiger partial charge on any atom is 0.134 e. The fraction of sp³-hybridized carbons (Fsp3) is 0.0909. The Hall–Kier alpha value is -1.17. The first-order valence-electron chi connectivity index (χ1n) is 3.86. The van der Waals surface area contributed by atoms with Crippen LogP contribution in [0, 0.1) is 11.2 Å². The predicted molar refractivity (Wildman–Crippen MR) is 56.3 cm³/mol. The van der Waals surface area contributed by atoms with E-state index in [1.54, 1.807) is 0 Å². The highest BCUT2D eigenvalue weighted by Gasteiger charge is 1.88. The summed E-state index contributed by atoms with van der Waals surface area (Å²) in [7, 11) is 0. The summed E-state index contributed by atoms with van der Waals surface area (Å²) < 4.78 is 0. The zero-order chi connectivity index (χ0) is 9.52. The normalized spacial score (nSPS) is 11.2. The molecule has 0 heterocycles. The van der Waals surface area contributed by atoms with Crippen molar-refractivity contribution >= 4 is 11.8 Å². The Morgan fingerprint density at radius 1 is 1.38 bits per heavy atom.